The number of aliphatic hydroxyl groups is 1. The van der Waals surface area contributed by atoms with Gasteiger partial charge in [0.25, 0.3) is 0 Å². The van der Waals surface area contributed by atoms with E-state index in [1.165, 1.54) is 51.1 Å². The summed E-state index contributed by atoms with van der Waals surface area (Å²) in [6.45, 7) is 3.80. The van der Waals surface area contributed by atoms with Crippen LogP contribution in [0.4, 0.5) is 0 Å². The van der Waals surface area contributed by atoms with Gasteiger partial charge in [-0.05, 0) is 0 Å². The Hall–Kier alpha value is -1.00. The van der Waals surface area contributed by atoms with Crippen molar-refractivity contribution in [3.8, 4) is 0 Å². The maximum atomic E-state index is 11.5. The van der Waals surface area contributed by atoms with Crippen LogP contribution in [0.25, 0.3) is 0 Å². The molecule has 2 fully saturated rings. The Morgan fingerprint density at radius 1 is 1.23 bits per heavy atom. The Labute approximate surface area is 167 Å². The summed E-state index contributed by atoms with van der Waals surface area (Å²) in [5.41, 5.74) is 5.41. The van der Waals surface area contributed by atoms with Gasteiger partial charge < -0.3 is 0 Å². The Morgan fingerprint density at radius 3 is 2.50 bits per heavy atom. The van der Waals surface area contributed by atoms with Crippen LogP contribution in [0.15, 0.2) is 16.9 Å². The number of nitrogens with one attached hydrogen (secondary N) is 1. The zero-order valence-corrected chi connectivity index (χ0v) is 18.6. The van der Waals surface area contributed by atoms with Gasteiger partial charge in [-0.25, -0.2) is 0 Å². The van der Waals surface area contributed by atoms with E-state index in [0.29, 0.717) is 18.4 Å². The summed E-state index contributed by atoms with van der Waals surface area (Å²) in [6, 6.07) is 0.328. The molecular formula is C19H32N4O2W. The van der Waals surface area contributed by atoms with Crippen molar-refractivity contribution in [1.29, 1.82) is 0 Å². The molecule has 1 aliphatic carbocycles. The number of β-amino-alcohol motifs (C(OH)–C–C–N with tert-alkyl or cyclic N) is 1. The Bertz CT molecular complexity index is 540. The number of rotatable bonds is 5. The summed E-state index contributed by atoms with van der Waals surface area (Å²) >= 11 is 1.29. The second kappa shape index (κ2) is 11.0. The van der Waals surface area contributed by atoms with Gasteiger partial charge in [0.1, 0.15) is 0 Å². The van der Waals surface area contributed by atoms with Gasteiger partial charge in [0.2, 0.25) is 0 Å². The zero-order chi connectivity index (χ0) is 18.9. The van der Waals surface area contributed by atoms with E-state index in [1.807, 2.05) is 4.40 Å². The first-order valence-electron chi connectivity index (χ1n) is 9.72. The molecule has 0 aromatic carbocycles. The molecule has 6 nitrogen and oxygen atoms in total. The summed E-state index contributed by atoms with van der Waals surface area (Å²) < 4.78 is 2.01. The molecule has 1 unspecified atom stereocenters. The van der Waals surface area contributed by atoms with Crippen molar-refractivity contribution in [2.75, 3.05) is 13.1 Å². The summed E-state index contributed by atoms with van der Waals surface area (Å²) in [6.07, 6.45) is 9.97. The van der Waals surface area contributed by atoms with Crippen molar-refractivity contribution >= 4 is 16.1 Å². The predicted octanol–water partition coefficient (Wildman–Crippen LogP) is 1.47. The van der Waals surface area contributed by atoms with E-state index in [0.717, 1.165) is 44.0 Å². The Balaban J connectivity index is 2.10. The van der Waals surface area contributed by atoms with Gasteiger partial charge in [-0.2, -0.15) is 0 Å². The molecule has 0 bridgehead atoms. The SMILES string of the molecule is CC1CCCC(NC(=CC(N)=O)/N=C(\[CH]=[W])N2CCCC(O)C2)CCC1. The fraction of sp³-hybridized carbons (Fsp3) is 0.737. The van der Waals surface area contributed by atoms with Crippen LogP contribution in [0.1, 0.15) is 58.3 Å². The number of primary amides is 1. The van der Waals surface area contributed by atoms with Gasteiger partial charge in [-0.3, -0.25) is 0 Å². The van der Waals surface area contributed by atoms with E-state index in [4.69, 9.17) is 10.7 Å². The van der Waals surface area contributed by atoms with Gasteiger partial charge in [0.05, 0.1) is 0 Å². The van der Waals surface area contributed by atoms with Gasteiger partial charge in [-0.15, -0.1) is 0 Å². The molecule has 1 atom stereocenters. The van der Waals surface area contributed by atoms with Crippen molar-refractivity contribution in [2.45, 2.75) is 70.4 Å². The second-order valence-electron chi connectivity index (χ2n) is 7.57. The van der Waals surface area contributed by atoms with Crippen molar-refractivity contribution in [1.82, 2.24) is 10.2 Å². The van der Waals surface area contributed by atoms with E-state index in [2.05, 4.69) is 17.1 Å². The van der Waals surface area contributed by atoms with Crippen LogP contribution >= 0.6 is 0 Å². The van der Waals surface area contributed by atoms with Crippen molar-refractivity contribution in [3.63, 3.8) is 0 Å². The van der Waals surface area contributed by atoms with Crippen molar-refractivity contribution < 1.29 is 29.3 Å². The molecule has 2 rings (SSSR count). The van der Waals surface area contributed by atoms with Crippen LogP contribution in [-0.2, 0) is 24.1 Å². The van der Waals surface area contributed by atoms with E-state index in [9.17, 15) is 9.90 Å². The number of aliphatic imine (C=N–C) groups is 1. The normalized spacial score (nSPS) is 28.8. The molecule has 1 saturated carbocycles. The molecule has 0 spiro atoms. The van der Waals surface area contributed by atoms with E-state index >= 15 is 0 Å². The Kier molecular flexibility index (Phi) is 9.00. The van der Waals surface area contributed by atoms with E-state index in [-0.39, 0.29) is 6.10 Å². The van der Waals surface area contributed by atoms with Gasteiger partial charge in [0, 0.05) is 0 Å². The van der Waals surface area contributed by atoms with Gasteiger partial charge in [0.15, 0.2) is 0 Å². The number of hydrogen-bond donors (Lipinski definition) is 3. The minimum absolute atomic E-state index is 0.312. The number of amides is 1. The number of nitrogens with two attached hydrogens (primary N) is 1. The zero-order valence-electron chi connectivity index (χ0n) is 15.7. The fourth-order valence-electron chi connectivity index (χ4n) is 3.77. The van der Waals surface area contributed by atoms with Crippen molar-refractivity contribution in [2.24, 2.45) is 16.6 Å². The van der Waals surface area contributed by atoms with Crippen LogP contribution in [0.2, 0.25) is 0 Å². The van der Waals surface area contributed by atoms with Crippen LogP contribution in [0.5, 0.6) is 0 Å². The molecule has 1 aliphatic heterocycles. The molecule has 0 aromatic rings. The Morgan fingerprint density at radius 2 is 1.92 bits per heavy atom. The van der Waals surface area contributed by atoms with Crippen LogP contribution < -0.4 is 11.1 Å². The van der Waals surface area contributed by atoms with Crippen molar-refractivity contribution in [3.05, 3.63) is 11.9 Å². The van der Waals surface area contributed by atoms with Crippen LogP contribution in [-0.4, -0.2) is 51.4 Å². The van der Waals surface area contributed by atoms with Crippen LogP contribution in [0.3, 0.4) is 0 Å². The van der Waals surface area contributed by atoms with E-state index < -0.39 is 5.91 Å². The minimum atomic E-state index is -0.489. The quantitative estimate of drug-likeness (QED) is 0.284. The molecule has 0 radical (unpaired) electrons. The first-order valence-corrected chi connectivity index (χ1v) is 11.4. The third-order valence-corrected chi connectivity index (χ3v) is 5.95. The second-order valence-corrected chi connectivity index (χ2v) is 8.42. The number of likely N-dealkylation sites (tertiary alicyclic amines) is 1. The molecule has 26 heavy (non-hydrogen) atoms. The molecule has 7 heteroatoms. The summed E-state index contributed by atoms with van der Waals surface area (Å²) in [5.74, 6) is 1.68. The first-order chi connectivity index (χ1) is 12.5. The molecule has 0 aromatic heterocycles. The van der Waals surface area contributed by atoms with Gasteiger partial charge in [-0.1, -0.05) is 0 Å². The number of amidine groups is 1. The number of carbonyl (C=O) groups excluding carboxylic acids is 1. The molecule has 4 N–H and O–H groups in total. The third-order valence-electron chi connectivity index (χ3n) is 5.19. The molecule has 1 amide bonds. The molecule has 1 heterocycles. The number of carbonyl (C=O) groups is 1. The maximum absolute atomic E-state index is 11.5. The van der Waals surface area contributed by atoms with E-state index in [1.54, 1.807) is 0 Å². The predicted molar refractivity (Wildman–Crippen MR) is 101 cm³/mol. The fourth-order valence-corrected chi connectivity index (χ4v) is 4.49. The summed E-state index contributed by atoms with van der Waals surface area (Å²) in [4.78, 5) is 18.3. The summed E-state index contributed by atoms with van der Waals surface area (Å²) in [5, 5.41) is 13.4. The number of nitrogens with zero attached hydrogens (tertiary/aromatic N) is 2. The number of piperidine rings is 1. The molecule has 1 saturated heterocycles. The van der Waals surface area contributed by atoms with Gasteiger partial charge >= 0.3 is 168 Å². The average molecular weight is 532 g/mol. The molecule has 2 aliphatic rings. The average Bonchev–Trinajstić information content (AvgIpc) is 2.56. The first kappa shape index (κ1) is 21.3. The van der Waals surface area contributed by atoms with Crippen LogP contribution in [0, 0.1) is 5.92 Å². The topological polar surface area (TPSA) is 90.9 Å². The molecular weight excluding hydrogens is 500 g/mol. The number of aliphatic hydroxyl groups excluding tert-OH is 1. The number of hydrogen-bond acceptors (Lipinski definition) is 4. The standard InChI is InChI=1S/C19H32N4O2.W/c1-14-6-3-8-16(9-4-7-14)22-19(12-18(20)25)21-15(2)23-11-5-10-17(24)13-23;/h2,12,14,16-17,22,24H,3-11,13H2,1H3,(H2,20,25);/b19-12?,21-15+;. The third kappa shape index (κ3) is 7.32. The molecule has 146 valence electrons. The summed E-state index contributed by atoms with van der Waals surface area (Å²) in [7, 11) is 0. The monoisotopic (exact) mass is 532 g/mol.